The molecule has 1 aromatic rings. The van der Waals surface area contributed by atoms with Crippen molar-refractivity contribution in [3.63, 3.8) is 0 Å². The first-order valence-electron chi connectivity index (χ1n) is 9.87. The summed E-state index contributed by atoms with van der Waals surface area (Å²) in [6.45, 7) is 7.21. The van der Waals surface area contributed by atoms with Crippen molar-refractivity contribution >= 4 is 17.5 Å². The topological polar surface area (TPSA) is 29.1 Å². The van der Waals surface area contributed by atoms with Crippen molar-refractivity contribution in [1.29, 1.82) is 0 Å². The Morgan fingerprint density at radius 1 is 1.08 bits per heavy atom. The zero-order valence-corrected chi connectivity index (χ0v) is 16.5. The highest BCUT2D eigenvalue weighted by Gasteiger charge is 2.62. The van der Waals surface area contributed by atoms with Crippen LogP contribution >= 0.6 is 11.6 Å². The van der Waals surface area contributed by atoms with Crippen molar-refractivity contribution in [3.05, 3.63) is 34.9 Å². The van der Waals surface area contributed by atoms with Crippen LogP contribution in [0.5, 0.6) is 0 Å². The van der Waals surface area contributed by atoms with E-state index in [0.717, 1.165) is 48.6 Å². The van der Waals surface area contributed by atoms with Crippen LogP contribution in [0.3, 0.4) is 0 Å². The number of fused-ring (bicyclic) bond motifs is 2. The van der Waals surface area contributed by atoms with E-state index in [-0.39, 0.29) is 16.7 Å². The molecule has 1 aromatic carbocycles. The molecule has 0 saturated heterocycles. The van der Waals surface area contributed by atoms with Gasteiger partial charge in [0.25, 0.3) is 0 Å². The molecule has 1 amide bonds. The summed E-state index contributed by atoms with van der Waals surface area (Å²) < 4.78 is 0. The molecule has 1 N–H and O–H groups in total. The largest absolute Gasteiger partial charge is 0.352 e. The number of carbonyl (C=O) groups excluding carboxylic acids is 1. The van der Waals surface area contributed by atoms with E-state index < -0.39 is 0 Å². The first-order chi connectivity index (χ1) is 11.8. The molecule has 0 radical (unpaired) electrons. The minimum atomic E-state index is -0.354. The number of hydrogen-bond acceptors (Lipinski definition) is 1. The minimum Gasteiger partial charge on any atom is -0.352 e. The Balaban J connectivity index is 1.60. The van der Waals surface area contributed by atoms with E-state index in [1.54, 1.807) is 0 Å². The highest BCUT2D eigenvalue weighted by Crippen LogP contribution is 2.65. The molecule has 25 heavy (non-hydrogen) atoms. The van der Waals surface area contributed by atoms with Crippen LogP contribution in [0.2, 0.25) is 5.02 Å². The third-order valence-electron chi connectivity index (χ3n) is 8.39. The Labute approximate surface area is 156 Å². The van der Waals surface area contributed by atoms with Crippen LogP contribution in [0.25, 0.3) is 0 Å². The average molecular weight is 360 g/mol. The summed E-state index contributed by atoms with van der Waals surface area (Å²) in [6, 6.07) is 8.27. The van der Waals surface area contributed by atoms with E-state index in [2.05, 4.69) is 38.2 Å². The van der Waals surface area contributed by atoms with E-state index in [0.29, 0.717) is 11.5 Å². The number of hydrogen-bond donors (Lipinski definition) is 1. The molecule has 0 spiro atoms. The van der Waals surface area contributed by atoms with E-state index in [1.807, 2.05) is 12.1 Å². The predicted molar refractivity (Wildman–Crippen MR) is 103 cm³/mol. The van der Waals surface area contributed by atoms with Crippen LogP contribution in [-0.4, -0.2) is 11.9 Å². The van der Waals surface area contributed by atoms with Crippen LogP contribution in [0.15, 0.2) is 24.3 Å². The van der Waals surface area contributed by atoms with Crippen LogP contribution in [0, 0.1) is 16.7 Å². The maximum absolute atomic E-state index is 13.5. The summed E-state index contributed by atoms with van der Waals surface area (Å²) in [5.41, 5.74) is 1.34. The number of carbonyl (C=O) groups is 1. The molecular weight excluding hydrogens is 330 g/mol. The zero-order valence-electron chi connectivity index (χ0n) is 15.7. The summed E-state index contributed by atoms with van der Waals surface area (Å²) in [5.74, 6) is 1.000. The smallest absolute Gasteiger partial charge is 0.230 e. The summed E-state index contributed by atoms with van der Waals surface area (Å²) >= 11 is 6.07. The summed E-state index contributed by atoms with van der Waals surface area (Å²) in [5, 5.41) is 4.27. The lowest BCUT2D eigenvalue weighted by atomic mass is 9.68. The van der Waals surface area contributed by atoms with Gasteiger partial charge in [0, 0.05) is 11.1 Å². The molecule has 3 aliphatic carbocycles. The molecule has 2 nitrogen and oxygen atoms in total. The van der Waals surface area contributed by atoms with Gasteiger partial charge in [0.2, 0.25) is 5.91 Å². The fraction of sp³-hybridized carbons (Fsp3) is 0.682. The minimum absolute atomic E-state index is 0.229. The van der Waals surface area contributed by atoms with Gasteiger partial charge in [-0.1, -0.05) is 57.3 Å². The number of halogens is 1. The first-order valence-corrected chi connectivity index (χ1v) is 10.2. The Hall–Kier alpha value is -1.02. The molecule has 3 atom stereocenters. The molecule has 0 heterocycles. The number of amides is 1. The Morgan fingerprint density at radius 3 is 2.24 bits per heavy atom. The van der Waals surface area contributed by atoms with E-state index >= 15 is 0 Å². The molecular formula is C22H30ClNO. The van der Waals surface area contributed by atoms with Gasteiger partial charge in [0.1, 0.15) is 0 Å². The zero-order chi connectivity index (χ0) is 17.9. The summed E-state index contributed by atoms with van der Waals surface area (Å²) in [4.78, 5) is 13.5. The van der Waals surface area contributed by atoms with Crippen LogP contribution < -0.4 is 5.32 Å². The quantitative estimate of drug-likeness (QED) is 0.760. The normalized spacial score (nSPS) is 35.0. The Bertz CT molecular complexity index is 674. The molecule has 136 valence electrons. The monoisotopic (exact) mass is 359 g/mol. The number of rotatable bonds is 3. The lowest BCUT2D eigenvalue weighted by molar-refractivity contribution is -0.128. The van der Waals surface area contributed by atoms with Gasteiger partial charge in [-0.25, -0.2) is 0 Å². The standard InChI is InChI=1S/C22H30ClNO/c1-20(2)16-10-13-21(20,3)18(14-16)24-19(25)22(11-4-5-12-22)15-6-8-17(23)9-7-15/h6-9,16,18H,4-5,10-14H2,1-3H3,(H,24,25)/t16-,18+,21-/m0/s1. The SMILES string of the molecule is CC1(C)[C@H]2CC[C@@]1(C)[C@H](NC(=O)C1(c3ccc(Cl)cc3)CCCC1)C2. The van der Waals surface area contributed by atoms with Crippen molar-refractivity contribution in [2.24, 2.45) is 16.7 Å². The molecule has 0 aromatic heterocycles. The van der Waals surface area contributed by atoms with E-state index in [4.69, 9.17) is 11.6 Å². The number of benzene rings is 1. The predicted octanol–water partition coefficient (Wildman–Crippen LogP) is 5.48. The third kappa shape index (κ3) is 2.40. The van der Waals surface area contributed by atoms with Crippen molar-refractivity contribution in [2.45, 2.75) is 77.2 Å². The molecule has 2 bridgehead atoms. The van der Waals surface area contributed by atoms with Crippen molar-refractivity contribution in [1.82, 2.24) is 5.32 Å². The van der Waals surface area contributed by atoms with Gasteiger partial charge < -0.3 is 5.32 Å². The van der Waals surface area contributed by atoms with Gasteiger partial charge in [0.15, 0.2) is 0 Å². The van der Waals surface area contributed by atoms with Crippen molar-refractivity contribution in [2.75, 3.05) is 0 Å². The second kappa shape index (κ2) is 5.74. The fourth-order valence-electron chi connectivity index (χ4n) is 6.11. The highest BCUT2D eigenvalue weighted by molar-refractivity contribution is 6.30. The lowest BCUT2D eigenvalue weighted by Gasteiger charge is -2.41. The van der Waals surface area contributed by atoms with E-state index in [9.17, 15) is 4.79 Å². The van der Waals surface area contributed by atoms with Gasteiger partial charge in [-0.2, -0.15) is 0 Å². The second-order valence-electron chi connectivity index (χ2n) is 9.43. The molecule has 3 saturated carbocycles. The van der Waals surface area contributed by atoms with Gasteiger partial charge in [-0.05, 0) is 66.5 Å². The second-order valence-corrected chi connectivity index (χ2v) is 9.87. The van der Waals surface area contributed by atoms with Crippen LogP contribution in [0.1, 0.15) is 71.3 Å². The molecule has 0 unspecified atom stereocenters. The van der Waals surface area contributed by atoms with Gasteiger partial charge in [-0.3, -0.25) is 4.79 Å². The van der Waals surface area contributed by atoms with E-state index in [1.165, 1.54) is 12.8 Å². The first kappa shape index (κ1) is 17.4. The number of nitrogens with one attached hydrogen (secondary N) is 1. The summed E-state index contributed by atoms with van der Waals surface area (Å²) in [6.07, 6.45) is 7.87. The molecule has 3 aliphatic rings. The molecule has 3 heteroatoms. The average Bonchev–Trinajstić information content (AvgIpc) is 3.20. The van der Waals surface area contributed by atoms with Gasteiger partial charge in [0.05, 0.1) is 5.41 Å². The molecule has 0 aliphatic heterocycles. The molecule has 4 rings (SSSR count). The Kier molecular flexibility index (Phi) is 3.99. The van der Waals surface area contributed by atoms with Gasteiger partial charge >= 0.3 is 0 Å². The molecule has 3 fully saturated rings. The van der Waals surface area contributed by atoms with Crippen LogP contribution in [0.4, 0.5) is 0 Å². The van der Waals surface area contributed by atoms with Crippen molar-refractivity contribution in [3.8, 4) is 0 Å². The Morgan fingerprint density at radius 2 is 1.72 bits per heavy atom. The van der Waals surface area contributed by atoms with Gasteiger partial charge in [-0.15, -0.1) is 0 Å². The maximum atomic E-state index is 13.5. The third-order valence-corrected chi connectivity index (χ3v) is 8.64. The summed E-state index contributed by atoms with van der Waals surface area (Å²) in [7, 11) is 0. The maximum Gasteiger partial charge on any atom is 0.230 e. The van der Waals surface area contributed by atoms with Crippen molar-refractivity contribution < 1.29 is 4.79 Å². The highest BCUT2D eigenvalue weighted by atomic mass is 35.5. The lowest BCUT2D eigenvalue weighted by Crippen LogP contribution is -2.52. The fourth-order valence-corrected chi connectivity index (χ4v) is 6.24. The van der Waals surface area contributed by atoms with Crippen LogP contribution in [-0.2, 0) is 10.2 Å².